The quantitative estimate of drug-likeness (QED) is 0.756. The first-order chi connectivity index (χ1) is 10.1. The molecule has 4 nitrogen and oxygen atoms in total. The Hall–Kier alpha value is -1.39. The zero-order chi connectivity index (χ0) is 15.2. The number of carbonyl (C=O) groups excluding carboxylic acids is 1. The van der Waals surface area contributed by atoms with Crippen molar-refractivity contribution < 1.29 is 14.3 Å². The Labute approximate surface area is 127 Å². The molecule has 2 atom stereocenters. The van der Waals surface area contributed by atoms with E-state index >= 15 is 0 Å². The van der Waals surface area contributed by atoms with Gasteiger partial charge in [-0.25, -0.2) is 0 Å². The lowest BCUT2D eigenvalue weighted by Crippen LogP contribution is -2.49. The van der Waals surface area contributed by atoms with Gasteiger partial charge in [-0.1, -0.05) is 19.1 Å². The van der Waals surface area contributed by atoms with Crippen molar-refractivity contribution in [1.29, 1.82) is 0 Å². The number of nitrogens with zero attached hydrogens (tertiary/aromatic N) is 1. The molecule has 0 amide bonds. The molecule has 0 aliphatic carbocycles. The summed E-state index contributed by atoms with van der Waals surface area (Å²) in [5, 5.41) is 0. The summed E-state index contributed by atoms with van der Waals surface area (Å²) in [6.07, 6.45) is 1.36. The molecule has 0 spiro atoms. The number of hydrogen-bond donors (Lipinski definition) is 0. The van der Waals surface area contributed by atoms with E-state index < -0.39 is 0 Å². The molecule has 2 unspecified atom stereocenters. The zero-order valence-electron chi connectivity index (χ0n) is 13.2. The molecular formula is C17H25NO3. The number of morpholine rings is 1. The van der Waals surface area contributed by atoms with Gasteiger partial charge in [0.25, 0.3) is 0 Å². The van der Waals surface area contributed by atoms with Crippen LogP contribution in [0.15, 0.2) is 24.3 Å². The van der Waals surface area contributed by atoms with Crippen LogP contribution in [0.25, 0.3) is 0 Å². The molecule has 0 bridgehead atoms. The van der Waals surface area contributed by atoms with Crippen LogP contribution in [0.3, 0.4) is 0 Å². The fraction of sp³-hybridized carbons (Fsp3) is 0.588. The lowest BCUT2D eigenvalue weighted by molar-refractivity contribution is -0.0586. The van der Waals surface area contributed by atoms with E-state index in [0.29, 0.717) is 24.0 Å². The number of rotatable bonds is 6. The van der Waals surface area contributed by atoms with Crippen LogP contribution in [0.4, 0.5) is 0 Å². The van der Waals surface area contributed by atoms with Crippen LogP contribution in [0.1, 0.15) is 37.6 Å². The maximum atomic E-state index is 11.6. The average Bonchev–Trinajstić information content (AvgIpc) is 2.48. The molecule has 1 aliphatic heterocycles. The van der Waals surface area contributed by atoms with Gasteiger partial charge in [0.2, 0.25) is 0 Å². The number of para-hydroxylation sites is 1. The highest BCUT2D eigenvalue weighted by atomic mass is 16.5. The van der Waals surface area contributed by atoms with Crippen LogP contribution in [0.2, 0.25) is 0 Å². The standard InChI is InChI=1S/C17H25NO3/c1-4-15-12-21-13(2)11-18(15)9-10-20-17-8-6-5-7-16(17)14(3)19/h5-8,13,15H,4,9-12H2,1-3H3. The van der Waals surface area contributed by atoms with Gasteiger partial charge in [0.05, 0.1) is 18.3 Å². The molecule has 1 fully saturated rings. The van der Waals surface area contributed by atoms with Crippen molar-refractivity contribution in [2.45, 2.75) is 39.3 Å². The largest absolute Gasteiger partial charge is 0.491 e. The van der Waals surface area contributed by atoms with Crippen LogP contribution < -0.4 is 4.74 Å². The Bertz CT molecular complexity index is 475. The highest BCUT2D eigenvalue weighted by Crippen LogP contribution is 2.19. The molecule has 21 heavy (non-hydrogen) atoms. The van der Waals surface area contributed by atoms with Crippen LogP contribution in [0.5, 0.6) is 5.75 Å². The van der Waals surface area contributed by atoms with E-state index in [9.17, 15) is 4.79 Å². The third-order valence-electron chi connectivity index (χ3n) is 3.95. The van der Waals surface area contributed by atoms with Gasteiger partial charge in [0.15, 0.2) is 5.78 Å². The van der Waals surface area contributed by atoms with E-state index in [1.807, 2.05) is 24.3 Å². The number of carbonyl (C=O) groups is 1. The van der Waals surface area contributed by atoms with Crippen molar-refractivity contribution >= 4 is 5.78 Å². The van der Waals surface area contributed by atoms with Crippen LogP contribution in [0, 0.1) is 0 Å². The minimum absolute atomic E-state index is 0.0389. The van der Waals surface area contributed by atoms with Crippen LogP contribution in [-0.2, 0) is 4.74 Å². The van der Waals surface area contributed by atoms with E-state index in [1.165, 1.54) is 0 Å². The third kappa shape index (κ3) is 4.29. The highest BCUT2D eigenvalue weighted by molar-refractivity contribution is 5.96. The lowest BCUT2D eigenvalue weighted by atomic mass is 10.1. The van der Waals surface area contributed by atoms with Crippen LogP contribution >= 0.6 is 0 Å². The third-order valence-corrected chi connectivity index (χ3v) is 3.95. The summed E-state index contributed by atoms with van der Waals surface area (Å²) in [7, 11) is 0. The Kier molecular flexibility index (Phi) is 5.76. The maximum Gasteiger partial charge on any atom is 0.163 e. The Balaban J connectivity index is 1.90. The second-order valence-electron chi connectivity index (χ2n) is 5.60. The first kappa shape index (κ1) is 16.0. The van der Waals surface area contributed by atoms with Gasteiger partial charge < -0.3 is 9.47 Å². The molecule has 4 heteroatoms. The monoisotopic (exact) mass is 291 g/mol. The Morgan fingerprint density at radius 1 is 1.43 bits per heavy atom. The van der Waals surface area contributed by atoms with E-state index in [0.717, 1.165) is 26.1 Å². The second kappa shape index (κ2) is 7.57. The predicted octanol–water partition coefficient (Wildman–Crippen LogP) is 2.77. The molecule has 1 aliphatic rings. The van der Waals surface area contributed by atoms with Gasteiger partial charge in [-0.05, 0) is 32.4 Å². The fourth-order valence-electron chi connectivity index (χ4n) is 2.72. The van der Waals surface area contributed by atoms with Gasteiger partial charge in [0, 0.05) is 19.1 Å². The molecule has 2 rings (SSSR count). The molecular weight excluding hydrogens is 266 g/mol. The SMILES string of the molecule is CCC1COC(C)CN1CCOc1ccccc1C(C)=O. The number of hydrogen-bond acceptors (Lipinski definition) is 4. The van der Waals surface area contributed by atoms with Gasteiger partial charge in [-0.15, -0.1) is 0 Å². The summed E-state index contributed by atoms with van der Waals surface area (Å²) in [6.45, 7) is 9.04. The summed E-state index contributed by atoms with van der Waals surface area (Å²) in [6, 6.07) is 7.89. The topological polar surface area (TPSA) is 38.8 Å². The van der Waals surface area contributed by atoms with Gasteiger partial charge in [-0.2, -0.15) is 0 Å². The summed E-state index contributed by atoms with van der Waals surface area (Å²) in [4.78, 5) is 14.0. The molecule has 0 radical (unpaired) electrons. The fourth-order valence-corrected chi connectivity index (χ4v) is 2.72. The normalized spacial score (nSPS) is 23.0. The highest BCUT2D eigenvalue weighted by Gasteiger charge is 2.25. The van der Waals surface area contributed by atoms with E-state index in [-0.39, 0.29) is 11.9 Å². The minimum Gasteiger partial charge on any atom is -0.491 e. The summed E-state index contributed by atoms with van der Waals surface area (Å²) in [5.41, 5.74) is 0.653. The van der Waals surface area contributed by atoms with Crippen molar-refractivity contribution in [2.75, 3.05) is 26.3 Å². The lowest BCUT2D eigenvalue weighted by Gasteiger charge is -2.38. The second-order valence-corrected chi connectivity index (χ2v) is 5.60. The van der Waals surface area contributed by atoms with Crippen molar-refractivity contribution in [1.82, 2.24) is 4.90 Å². The number of Topliss-reactive ketones (excluding diaryl/α,β-unsaturated/α-hetero) is 1. The number of benzene rings is 1. The van der Waals surface area contributed by atoms with Gasteiger partial charge in [-0.3, -0.25) is 9.69 Å². The first-order valence-electron chi connectivity index (χ1n) is 7.70. The number of ether oxygens (including phenoxy) is 2. The van der Waals surface area contributed by atoms with E-state index in [2.05, 4.69) is 18.7 Å². The Morgan fingerprint density at radius 3 is 2.90 bits per heavy atom. The molecule has 0 saturated carbocycles. The van der Waals surface area contributed by atoms with Crippen molar-refractivity contribution in [3.63, 3.8) is 0 Å². The number of ketones is 1. The van der Waals surface area contributed by atoms with Crippen LogP contribution in [-0.4, -0.2) is 49.1 Å². The molecule has 1 aromatic carbocycles. The van der Waals surface area contributed by atoms with Crippen molar-refractivity contribution in [2.24, 2.45) is 0 Å². The maximum absolute atomic E-state index is 11.6. The smallest absolute Gasteiger partial charge is 0.163 e. The first-order valence-corrected chi connectivity index (χ1v) is 7.70. The minimum atomic E-state index is 0.0389. The summed E-state index contributed by atoms with van der Waals surface area (Å²) >= 11 is 0. The predicted molar refractivity (Wildman–Crippen MR) is 83.0 cm³/mol. The molecule has 1 saturated heterocycles. The average molecular weight is 291 g/mol. The summed E-state index contributed by atoms with van der Waals surface area (Å²) in [5.74, 6) is 0.719. The molecule has 1 heterocycles. The Morgan fingerprint density at radius 2 is 2.19 bits per heavy atom. The van der Waals surface area contributed by atoms with E-state index in [1.54, 1.807) is 6.92 Å². The zero-order valence-corrected chi connectivity index (χ0v) is 13.2. The van der Waals surface area contributed by atoms with Gasteiger partial charge >= 0.3 is 0 Å². The van der Waals surface area contributed by atoms with Crippen molar-refractivity contribution in [3.8, 4) is 5.75 Å². The van der Waals surface area contributed by atoms with Gasteiger partial charge in [0.1, 0.15) is 12.4 Å². The molecule has 116 valence electrons. The molecule has 0 N–H and O–H groups in total. The van der Waals surface area contributed by atoms with E-state index in [4.69, 9.17) is 9.47 Å². The molecule has 0 aromatic heterocycles. The summed E-state index contributed by atoms with van der Waals surface area (Å²) < 4.78 is 11.5. The molecule has 1 aromatic rings. The van der Waals surface area contributed by atoms with Crippen molar-refractivity contribution in [3.05, 3.63) is 29.8 Å².